The molecule has 2 aromatic rings. The molecule has 8 nitrogen and oxygen atoms in total. The van der Waals surface area contributed by atoms with Gasteiger partial charge in [0.25, 0.3) is 20.2 Å². The number of aryl methyl sites for hydroxylation is 4. The number of rotatable bonds is 15. The van der Waals surface area contributed by atoms with Crippen molar-refractivity contribution >= 4 is 31.6 Å². The predicted molar refractivity (Wildman–Crippen MR) is 148 cm³/mol. The third-order valence-corrected chi connectivity index (χ3v) is 7.83. The van der Waals surface area contributed by atoms with Crippen LogP contribution < -0.4 is 10.6 Å². The van der Waals surface area contributed by atoms with Gasteiger partial charge in [-0.25, -0.2) is 0 Å². The van der Waals surface area contributed by atoms with Crippen molar-refractivity contribution in [3.63, 3.8) is 0 Å². The van der Waals surface area contributed by atoms with Crippen molar-refractivity contribution in [2.45, 2.75) is 66.2 Å². The number of nitrogens with one attached hydrogen (secondary N) is 2. The van der Waals surface area contributed by atoms with E-state index in [0.717, 1.165) is 70.4 Å². The van der Waals surface area contributed by atoms with Crippen LogP contribution in [-0.4, -0.2) is 50.5 Å². The third kappa shape index (κ3) is 9.06. The molecule has 0 aliphatic heterocycles. The van der Waals surface area contributed by atoms with Gasteiger partial charge < -0.3 is 10.6 Å². The topological polar surface area (TPSA) is 133 Å². The lowest BCUT2D eigenvalue weighted by molar-refractivity contribution is 0.479. The van der Waals surface area contributed by atoms with Gasteiger partial charge in [0.15, 0.2) is 0 Å². The molecule has 0 heterocycles. The Balaban J connectivity index is 2.36. The van der Waals surface area contributed by atoms with Crippen LogP contribution in [-0.2, 0) is 45.9 Å². The molecule has 0 aliphatic rings. The van der Waals surface area contributed by atoms with Crippen LogP contribution in [0.4, 0.5) is 11.4 Å². The highest BCUT2D eigenvalue weighted by atomic mass is 32.2. The Labute approximate surface area is 216 Å². The summed E-state index contributed by atoms with van der Waals surface area (Å²) in [6.07, 6.45) is 3.91. The maximum Gasteiger partial charge on any atom is 0.264 e. The molecule has 0 atom stereocenters. The van der Waals surface area contributed by atoms with Crippen molar-refractivity contribution in [3.8, 4) is 11.1 Å². The van der Waals surface area contributed by atoms with Crippen LogP contribution in [0.25, 0.3) is 11.1 Å². The maximum atomic E-state index is 11.0. The van der Waals surface area contributed by atoms with Crippen molar-refractivity contribution in [1.29, 1.82) is 0 Å². The lowest BCUT2D eigenvalue weighted by Gasteiger charge is -2.20. The molecule has 0 bridgehead atoms. The lowest BCUT2D eigenvalue weighted by Crippen LogP contribution is -2.13. The SMILES string of the molecule is CCc1cc(-c2cc(CC)c(NCCCS(=O)(=O)O)c(CC)c2)cc(CC)c1NCCCS(=O)(=O)O. The van der Waals surface area contributed by atoms with Gasteiger partial charge in [0.05, 0.1) is 11.5 Å². The van der Waals surface area contributed by atoms with Gasteiger partial charge in [-0.1, -0.05) is 27.7 Å². The van der Waals surface area contributed by atoms with Gasteiger partial charge in [-0.05, 0) is 96.2 Å². The van der Waals surface area contributed by atoms with Gasteiger partial charge in [-0.3, -0.25) is 9.11 Å². The van der Waals surface area contributed by atoms with Gasteiger partial charge in [0, 0.05) is 24.5 Å². The summed E-state index contributed by atoms with van der Waals surface area (Å²) in [7, 11) is -7.93. The fourth-order valence-electron chi connectivity index (χ4n) is 4.37. The summed E-state index contributed by atoms with van der Waals surface area (Å²) in [5, 5.41) is 6.76. The minimum Gasteiger partial charge on any atom is -0.385 e. The Morgan fingerprint density at radius 1 is 0.583 bits per heavy atom. The van der Waals surface area contributed by atoms with E-state index in [9.17, 15) is 16.8 Å². The fourth-order valence-corrected chi connectivity index (χ4v) is 5.39. The average Bonchev–Trinajstić information content (AvgIpc) is 2.82. The van der Waals surface area contributed by atoms with Crippen LogP contribution in [0.15, 0.2) is 24.3 Å². The summed E-state index contributed by atoms with van der Waals surface area (Å²) in [6.45, 7) is 9.29. The van der Waals surface area contributed by atoms with Crippen LogP contribution in [0.1, 0.15) is 62.8 Å². The van der Waals surface area contributed by atoms with Gasteiger partial charge in [-0.15, -0.1) is 0 Å². The van der Waals surface area contributed by atoms with E-state index in [1.807, 2.05) is 0 Å². The highest BCUT2D eigenvalue weighted by Crippen LogP contribution is 2.34. The normalized spacial score (nSPS) is 12.1. The summed E-state index contributed by atoms with van der Waals surface area (Å²) >= 11 is 0. The number of hydrogen-bond acceptors (Lipinski definition) is 6. The molecule has 2 aromatic carbocycles. The second-order valence-corrected chi connectivity index (χ2v) is 12.0. The minimum atomic E-state index is -3.97. The Hall–Kier alpha value is -2.14. The molecule has 10 heteroatoms. The largest absolute Gasteiger partial charge is 0.385 e. The third-order valence-electron chi connectivity index (χ3n) is 6.22. The molecule has 36 heavy (non-hydrogen) atoms. The van der Waals surface area contributed by atoms with E-state index < -0.39 is 20.2 Å². The smallest absolute Gasteiger partial charge is 0.264 e. The first kappa shape index (κ1) is 30.1. The minimum absolute atomic E-state index is 0.267. The molecule has 0 fully saturated rings. The number of benzene rings is 2. The standard InChI is InChI=1S/C26H40N2O6S2/c1-5-19-15-23(16-20(6-2)25(19)27-11-9-13-35(29,30)31)24-17-21(7-3)26(22(8-4)18-24)28-12-10-14-36(32,33)34/h15-18,27-28H,5-14H2,1-4H3,(H,29,30,31)(H,32,33,34). The van der Waals surface area contributed by atoms with Gasteiger partial charge in [0.2, 0.25) is 0 Å². The molecular formula is C26H40N2O6S2. The Morgan fingerprint density at radius 3 is 1.08 bits per heavy atom. The highest BCUT2D eigenvalue weighted by molar-refractivity contribution is 7.86. The lowest BCUT2D eigenvalue weighted by atomic mass is 9.91. The quantitative estimate of drug-likeness (QED) is 0.184. The molecule has 0 aromatic heterocycles. The molecule has 2 rings (SSSR count). The zero-order valence-electron chi connectivity index (χ0n) is 21.7. The number of hydrogen-bond donors (Lipinski definition) is 4. The molecule has 4 N–H and O–H groups in total. The Bertz CT molecular complexity index is 1090. The first-order chi connectivity index (χ1) is 16.9. The molecule has 0 radical (unpaired) electrons. The zero-order chi connectivity index (χ0) is 26.9. The zero-order valence-corrected chi connectivity index (χ0v) is 23.4. The van der Waals surface area contributed by atoms with E-state index in [-0.39, 0.29) is 11.5 Å². The van der Waals surface area contributed by atoms with E-state index in [2.05, 4.69) is 62.6 Å². The van der Waals surface area contributed by atoms with Crippen molar-refractivity contribution in [3.05, 3.63) is 46.5 Å². The molecule has 0 saturated heterocycles. The van der Waals surface area contributed by atoms with Crippen molar-refractivity contribution < 1.29 is 25.9 Å². The predicted octanol–water partition coefficient (Wildman–Crippen LogP) is 4.98. The fraction of sp³-hybridized carbons (Fsp3) is 0.538. The van der Waals surface area contributed by atoms with E-state index >= 15 is 0 Å². The van der Waals surface area contributed by atoms with E-state index in [1.54, 1.807) is 0 Å². The Kier molecular flexibility index (Phi) is 11.2. The van der Waals surface area contributed by atoms with Crippen molar-refractivity contribution in [1.82, 2.24) is 0 Å². The first-order valence-electron chi connectivity index (χ1n) is 12.6. The summed E-state index contributed by atoms with van der Waals surface area (Å²) in [4.78, 5) is 0. The summed E-state index contributed by atoms with van der Waals surface area (Å²) in [5.74, 6) is -0.534. The van der Waals surface area contributed by atoms with E-state index in [1.165, 1.54) is 0 Å². The van der Waals surface area contributed by atoms with E-state index in [0.29, 0.717) is 25.9 Å². The molecule has 0 aliphatic carbocycles. The van der Waals surface area contributed by atoms with Crippen LogP contribution >= 0.6 is 0 Å². The summed E-state index contributed by atoms with van der Waals surface area (Å²) in [6, 6.07) is 8.71. The van der Waals surface area contributed by atoms with Crippen molar-refractivity contribution in [2.75, 3.05) is 35.2 Å². The summed E-state index contributed by atoms with van der Waals surface area (Å²) < 4.78 is 62.0. The molecule has 202 valence electrons. The second-order valence-electron chi connectivity index (χ2n) is 8.89. The van der Waals surface area contributed by atoms with Crippen LogP contribution in [0.3, 0.4) is 0 Å². The van der Waals surface area contributed by atoms with Crippen LogP contribution in [0.5, 0.6) is 0 Å². The number of anilines is 2. The molecular weight excluding hydrogens is 500 g/mol. The van der Waals surface area contributed by atoms with Crippen molar-refractivity contribution in [2.24, 2.45) is 0 Å². The second kappa shape index (κ2) is 13.4. The monoisotopic (exact) mass is 540 g/mol. The highest BCUT2D eigenvalue weighted by Gasteiger charge is 2.15. The first-order valence-corrected chi connectivity index (χ1v) is 15.8. The molecule has 0 saturated carbocycles. The average molecular weight is 541 g/mol. The van der Waals surface area contributed by atoms with Gasteiger partial charge in [-0.2, -0.15) is 16.8 Å². The van der Waals surface area contributed by atoms with Crippen LogP contribution in [0.2, 0.25) is 0 Å². The van der Waals surface area contributed by atoms with Gasteiger partial charge in [0.1, 0.15) is 0 Å². The summed E-state index contributed by atoms with van der Waals surface area (Å²) in [5.41, 5.74) is 8.91. The molecule has 0 amide bonds. The molecule has 0 spiro atoms. The van der Waals surface area contributed by atoms with Gasteiger partial charge >= 0.3 is 0 Å². The van der Waals surface area contributed by atoms with E-state index in [4.69, 9.17) is 9.11 Å². The maximum absolute atomic E-state index is 11.0. The van der Waals surface area contributed by atoms with Crippen LogP contribution in [0, 0.1) is 0 Å². The molecule has 0 unspecified atom stereocenters. The Morgan fingerprint density at radius 2 is 0.861 bits per heavy atom.